The molecule has 0 aliphatic rings. The second kappa shape index (κ2) is 8.28. The summed E-state index contributed by atoms with van der Waals surface area (Å²) in [6.45, 7) is 5.71. The van der Waals surface area contributed by atoms with Gasteiger partial charge in [-0.2, -0.15) is 10.1 Å². The van der Waals surface area contributed by atoms with E-state index in [0.29, 0.717) is 23.8 Å². The Morgan fingerprint density at radius 2 is 1.93 bits per heavy atom. The van der Waals surface area contributed by atoms with Crippen LogP contribution in [0.15, 0.2) is 59.3 Å². The van der Waals surface area contributed by atoms with E-state index in [1.807, 2.05) is 63.2 Å². The number of carbonyl (C=O) groups is 1. The first-order valence-corrected chi connectivity index (χ1v) is 9.74. The zero-order valence-electron chi connectivity index (χ0n) is 17.0. The van der Waals surface area contributed by atoms with Crippen LogP contribution in [0.25, 0.3) is 17.1 Å². The molecule has 0 saturated heterocycles. The van der Waals surface area contributed by atoms with E-state index in [2.05, 4.69) is 25.5 Å². The summed E-state index contributed by atoms with van der Waals surface area (Å²) in [7, 11) is 0. The monoisotopic (exact) mass is 402 g/mol. The Labute approximate surface area is 174 Å². The third-order valence-corrected chi connectivity index (χ3v) is 4.67. The first kappa shape index (κ1) is 19.5. The topological polar surface area (TPSA) is 98.7 Å². The summed E-state index contributed by atoms with van der Waals surface area (Å²) in [6, 6.07) is 14.6. The van der Waals surface area contributed by atoms with Gasteiger partial charge in [-0.05, 0) is 50.6 Å². The van der Waals surface area contributed by atoms with Crippen LogP contribution in [0.3, 0.4) is 0 Å². The summed E-state index contributed by atoms with van der Waals surface area (Å²) in [5.74, 6) is 0.567. The molecule has 3 heterocycles. The fourth-order valence-electron chi connectivity index (χ4n) is 3.18. The molecule has 1 aromatic carbocycles. The molecule has 4 aromatic rings. The minimum absolute atomic E-state index is 0.259. The van der Waals surface area contributed by atoms with Crippen LogP contribution < -0.4 is 5.32 Å². The molecule has 1 unspecified atom stereocenters. The Morgan fingerprint density at radius 3 is 2.67 bits per heavy atom. The van der Waals surface area contributed by atoms with E-state index in [4.69, 9.17) is 4.52 Å². The highest BCUT2D eigenvalue weighted by Crippen LogP contribution is 2.21. The Kier molecular flexibility index (Phi) is 5.38. The van der Waals surface area contributed by atoms with Crippen LogP contribution in [0, 0.1) is 13.8 Å². The smallest absolute Gasteiger partial charge is 0.270 e. The van der Waals surface area contributed by atoms with Gasteiger partial charge in [0.1, 0.15) is 11.7 Å². The summed E-state index contributed by atoms with van der Waals surface area (Å²) in [5.41, 5.74) is 3.70. The molecule has 1 atom stereocenters. The lowest BCUT2D eigenvalue weighted by Crippen LogP contribution is -2.30. The average Bonchev–Trinajstić information content (AvgIpc) is 3.40. The molecule has 0 fully saturated rings. The first-order valence-electron chi connectivity index (χ1n) is 9.74. The van der Waals surface area contributed by atoms with Crippen molar-refractivity contribution >= 4 is 5.91 Å². The van der Waals surface area contributed by atoms with Gasteiger partial charge in [-0.3, -0.25) is 9.78 Å². The van der Waals surface area contributed by atoms with Crippen LogP contribution in [0.5, 0.6) is 0 Å². The van der Waals surface area contributed by atoms with Crippen LogP contribution >= 0.6 is 0 Å². The number of benzene rings is 1. The Morgan fingerprint density at radius 1 is 1.13 bits per heavy atom. The highest BCUT2D eigenvalue weighted by molar-refractivity contribution is 5.93. The molecule has 0 saturated carbocycles. The second-order valence-electron chi connectivity index (χ2n) is 6.99. The fraction of sp³-hybridized carbons (Fsp3) is 0.227. The van der Waals surface area contributed by atoms with Gasteiger partial charge in [0.15, 0.2) is 0 Å². The van der Waals surface area contributed by atoms with Crippen molar-refractivity contribution in [3.05, 3.63) is 77.7 Å². The number of hydrogen-bond acceptors (Lipinski definition) is 6. The van der Waals surface area contributed by atoms with Crippen molar-refractivity contribution < 1.29 is 9.32 Å². The summed E-state index contributed by atoms with van der Waals surface area (Å²) in [6.07, 6.45) is 2.30. The fourth-order valence-corrected chi connectivity index (χ4v) is 3.18. The van der Waals surface area contributed by atoms with Gasteiger partial charge < -0.3 is 9.84 Å². The Bertz CT molecular complexity index is 1170. The molecule has 0 bridgehead atoms. The molecule has 152 valence electrons. The molecular weight excluding hydrogens is 380 g/mol. The molecule has 0 aliphatic carbocycles. The zero-order valence-corrected chi connectivity index (χ0v) is 17.0. The van der Waals surface area contributed by atoms with E-state index in [-0.39, 0.29) is 5.91 Å². The number of amides is 1. The lowest BCUT2D eigenvalue weighted by atomic mass is 10.2. The van der Waals surface area contributed by atoms with Crippen molar-refractivity contribution in [2.45, 2.75) is 33.2 Å². The highest BCUT2D eigenvalue weighted by atomic mass is 16.5. The maximum absolute atomic E-state index is 13.0. The summed E-state index contributed by atoms with van der Waals surface area (Å²) in [5, 5.41) is 11.5. The van der Waals surface area contributed by atoms with E-state index in [0.717, 1.165) is 22.6 Å². The molecule has 8 nitrogen and oxygen atoms in total. The molecule has 0 radical (unpaired) electrons. The van der Waals surface area contributed by atoms with Crippen LogP contribution in [0.2, 0.25) is 0 Å². The van der Waals surface area contributed by atoms with Crippen LogP contribution in [-0.4, -0.2) is 30.8 Å². The highest BCUT2D eigenvalue weighted by Gasteiger charge is 2.23. The van der Waals surface area contributed by atoms with Crippen molar-refractivity contribution in [3.63, 3.8) is 0 Å². The number of aryl methyl sites for hydroxylation is 2. The van der Waals surface area contributed by atoms with Gasteiger partial charge in [0.05, 0.1) is 11.4 Å². The van der Waals surface area contributed by atoms with Gasteiger partial charge in [0.25, 0.3) is 5.91 Å². The van der Waals surface area contributed by atoms with Crippen molar-refractivity contribution in [2.24, 2.45) is 0 Å². The maximum atomic E-state index is 13.0. The molecule has 1 N–H and O–H groups in total. The van der Waals surface area contributed by atoms with Crippen molar-refractivity contribution in [1.29, 1.82) is 0 Å². The summed E-state index contributed by atoms with van der Waals surface area (Å²) >= 11 is 0. The zero-order chi connectivity index (χ0) is 21.1. The first-order chi connectivity index (χ1) is 14.5. The minimum atomic E-state index is -0.416. The van der Waals surface area contributed by atoms with E-state index in [9.17, 15) is 4.79 Å². The molecule has 8 heteroatoms. The number of pyridine rings is 1. The molecule has 1 amide bonds. The quantitative estimate of drug-likeness (QED) is 0.526. The molecule has 3 aromatic heterocycles. The number of nitrogens with one attached hydrogen (secondary N) is 1. The molecule has 30 heavy (non-hydrogen) atoms. The van der Waals surface area contributed by atoms with E-state index >= 15 is 0 Å². The molecular formula is C22H22N6O2. The average molecular weight is 402 g/mol. The van der Waals surface area contributed by atoms with Crippen LogP contribution in [-0.2, 0) is 0 Å². The van der Waals surface area contributed by atoms with E-state index < -0.39 is 6.04 Å². The third-order valence-electron chi connectivity index (χ3n) is 4.67. The minimum Gasteiger partial charge on any atom is -0.339 e. The SMILES string of the molecule is CCC(NC(=O)c1cc(C)nn1-c1ccccc1)c1nc(-c2ccnc(C)c2)no1. The van der Waals surface area contributed by atoms with E-state index in [1.54, 1.807) is 16.9 Å². The maximum Gasteiger partial charge on any atom is 0.270 e. The van der Waals surface area contributed by atoms with Crippen molar-refractivity contribution in [2.75, 3.05) is 0 Å². The largest absolute Gasteiger partial charge is 0.339 e. The lowest BCUT2D eigenvalue weighted by Gasteiger charge is -2.13. The number of aromatic nitrogens is 5. The molecule has 0 spiro atoms. The lowest BCUT2D eigenvalue weighted by molar-refractivity contribution is 0.0919. The predicted octanol–water partition coefficient (Wildman–Crippen LogP) is 3.82. The Hall–Kier alpha value is -3.81. The third kappa shape index (κ3) is 3.98. The second-order valence-corrected chi connectivity index (χ2v) is 6.99. The van der Waals surface area contributed by atoms with Gasteiger partial charge >= 0.3 is 0 Å². The number of carbonyl (C=O) groups excluding carboxylic acids is 1. The standard InChI is InChI=1S/C22H22N6O2/c1-4-18(22-25-20(27-30-22)16-10-11-23-14(2)12-16)24-21(29)19-13-15(3)26-28(19)17-8-6-5-7-9-17/h5-13,18H,4H2,1-3H3,(H,24,29). The number of rotatable bonds is 6. The van der Waals surface area contributed by atoms with Gasteiger partial charge in [0.2, 0.25) is 11.7 Å². The predicted molar refractivity (Wildman–Crippen MR) is 111 cm³/mol. The molecule has 4 rings (SSSR count). The van der Waals surface area contributed by atoms with Gasteiger partial charge in [-0.15, -0.1) is 0 Å². The van der Waals surface area contributed by atoms with Gasteiger partial charge in [-0.1, -0.05) is 30.3 Å². The van der Waals surface area contributed by atoms with Crippen LogP contribution in [0.4, 0.5) is 0 Å². The van der Waals surface area contributed by atoms with Crippen molar-refractivity contribution in [3.8, 4) is 17.1 Å². The summed E-state index contributed by atoms with van der Waals surface area (Å²) < 4.78 is 7.09. The number of nitrogens with zero attached hydrogens (tertiary/aromatic N) is 5. The number of para-hydroxylation sites is 1. The molecule has 0 aliphatic heterocycles. The van der Waals surface area contributed by atoms with Gasteiger partial charge in [-0.25, -0.2) is 4.68 Å². The van der Waals surface area contributed by atoms with Crippen LogP contribution in [0.1, 0.15) is 47.2 Å². The van der Waals surface area contributed by atoms with Crippen molar-refractivity contribution in [1.82, 2.24) is 30.2 Å². The Balaban J connectivity index is 1.57. The summed E-state index contributed by atoms with van der Waals surface area (Å²) in [4.78, 5) is 21.7. The van der Waals surface area contributed by atoms with E-state index in [1.165, 1.54) is 0 Å². The number of hydrogen-bond donors (Lipinski definition) is 1. The van der Waals surface area contributed by atoms with Gasteiger partial charge in [0, 0.05) is 17.5 Å². The normalized spacial score (nSPS) is 12.0.